The zero-order valence-electron chi connectivity index (χ0n) is 21.1. The predicted octanol–water partition coefficient (Wildman–Crippen LogP) is 3.36. The average molecular weight is 530 g/mol. The van der Waals surface area contributed by atoms with Gasteiger partial charge in [0.1, 0.15) is 22.7 Å². The number of hydrogen-bond acceptors (Lipinski definition) is 9. The van der Waals surface area contributed by atoms with Crippen molar-refractivity contribution in [2.45, 2.75) is 26.3 Å². The van der Waals surface area contributed by atoms with Gasteiger partial charge in [-0.15, -0.1) is 0 Å². The molecule has 4 heterocycles. The number of H-pyrrole nitrogens is 1. The molecular weight excluding hydrogens is 505 g/mol. The summed E-state index contributed by atoms with van der Waals surface area (Å²) in [6.07, 6.45) is 2.94. The predicted molar refractivity (Wildman–Crippen MR) is 141 cm³/mol. The largest absolute Gasteiger partial charge is 0.455 e. The van der Waals surface area contributed by atoms with E-state index in [4.69, 9.17) is 4.74 Å². The molecule has 198 valence electrons. The van der Waals surface area contributed by atoms with E-state index in [-0.39, 0.29) is 24.6 Å². The van der Waals surface area contributed by atoms with Crippen LogP contribution < -0.4 is 15.6 Å². The number of fused-ring (bicyclic) bond motifs is 1. The lowest BCUT2D eigenvalue weighted by Gasteiger charge is -2.12. The van der Waals surface area contributed by atoms with Crippen LogP contribution >= 0.6 is 0 Å². The fourth-order valence-electron chi connectivity index (χ4n) is 3.93. The van der Waals surface area contributed by atoms with E-state index in [0.717, 1.165) is 4.68 Å². The fraction of sp³-hybridized carbons (Fsp3) is 0.185. The van der Waals surface area contributed by atoms with E-state index in [0.29, 0.717) is 45.4 Å². The summed E-state index contributed by atoms with van der Waals surface area (Å²) in [7, 11) is 0. The number of benzene rings is 1. The van der Waals surface area contributed by atoms with E-state index in [1.165, 1.54) is 36.5 Å². The van der Waals surface area contributed by atoms with Crippen molar-refractivity contribution in [2.24, 2.45) is 0 Å². The second-order valence-corrected chi connectivity index (χ2v) is 8.91. The second kappa shape index (κ2) is 10.8. The Balaban J connectivity index is 1.35. The summed E-state index contributed by atoms with van der Waals surface area (Å²) in [6.45, 7) is 3.41. The molecule has 0 fully saturated rings. The highest BCUT2D eigenvalue weighted by atomic mass is 19.1. The van der Waals surface area contributed by atoms with Gasteiger partial charge in [0, 0.05) is 24.0 Å². The summed E-state index contributed by atoms with van der Waals surface area (Å²) in [5.41, 5.74) is 1.13. The second-order valence-electron chi connectivity index (χ2n) is 8.91. The molecule has 11 nitrogen and oxygen atoms in total. The van der Waals surface area contributed by atoms with Crippen molar-refractivity contribution >= 4 is 22.6 Å². The molecule has 0 saturated carbocycles. The first kappa shape index (κ1) is 25.7. The van der Waals surface area contributed by atoms with Gasteiger partial charge in [-0.2, -0.15) is 14.9 Å². The average Bonchev–Trinajstić information content (AvgIpc) is 3.34. The lowest BCUT2D eigenvalue weighted by molar-refractivity contribution is 0.0989. The van der Waals surface area contributed by atoms with Gasteiger partial charge in [0.15, 0.2) is 17.2 Å². The van der Waals surface area contributed by atoms with E-state index < -0.39 is 17.2 Å². The number of aromatic nitrogens is 6. The number of aliphatic hydroxyl groups is 1. The topological polar surface area (TPSA) is 148 Å². The minimum absolute atomic E-state index is 0.0368. The normalized spacial score (nSPS) is 11.9. The molecule has 12 heteroatoms. The highest BCUT2D eigenvalue weighted by Crippen LogP contribution is 2.32. The fourth-order valence-corrected chi connectivity index (χ4v) is 3.93. The highest BCUT2D eigenvalue weighted by Gasteiger charge is 2.18. The van der Waals surface area contributed by atoms with Gasteiger partial charge in [-0.05, 0) is 56.3 Å². The molecule has 0 spiro atoms. The number of carbonyl (C=O) groups excluding carboxylic acids is 1. The van der Waals surface area contributed by atoms with Gasteiger partial charge in [0.05, 0.1) is 36.2 Å². The van der Waals surface area contributed by atoms with Crippen molar-refractivity contribution in [3.63, 3.8) is 0 Å². The summed E-state index contributed by atoms with van der Waals surface area (Å²) < 4.78 is 20.4. The molecule has 5 rings (SSSR count). The minimum atomic E-state index is -0.598. The Morgan fingerprint density at radius 2 is 1.97 bits per heavy atom. The molecule has 0 aliphatic heterocycles. The molecule has 0 aliphatic carbocycles. The number of hydrogen-bond donors (Lipinski definition) is 3. The van der Waals surface area contributed by atoms with E-state index in [9.17, 15) is 19.1 Å². The molecule has 0 unspecified atom stereocenters. The van der Waals surface area contributed by atoms with Gasteiger partial charge in [0.2, 0.25) is 0 Å². The standard InChI is InChI=1S/C27H24FN7O4/c1-15-11-21(27(38)35(34-15)19-6-3-17(28)4-7-19)22(37)12-18-5-8-20(13-30-18)39-23-9-10-29-25-24(23)26(33-32-25)31-16(2)14-36/h3-11,13,16,36H,12,14H2,1-2H3,(H2,29,31,32,33)/t16-/m1/s1. The van der Waals surface area contributed by atoms with Crippen LogP contribution in [0.4, 0.5) is 10.2 Å². The van der Waals surface area contributed by atoms with Gasteiger partial charge in [-0.1, -0.05) is 0 Å². The summed E-state index contributed by atoms with van der Waals surface area (Å²) in [5, 5.41) is 24.3. The van der Waals surface area contributed by atoms with Crippen LogP contribution in [0.2, 0.25) is 0 Å². The third-order valence-corrected chi connectivity index (χ3v) is 5.85. The van der Waals surface area contributed by atoms with Crippen molar-refractivity contribution in [1.29, 1.82) is 0 Å². The number of anilines is 1. The summed E-state index contributed by atoms with van der Waals surface area (Å²) >= 11 is 0. The third kappa shape index (κ3) is 5.50. The number of ether oxygens (including phenoxy) is 1. The highest BCUT2D eigenvalue weighted by molar-refractivity contribution is 5.97. The summed E-state index contributed by atoms with van der Waals surface area (Å²) in [4.78, 5) is 34.6. The Morgan fingerprint density at radius 3 is 2.69 bits per heavy atom. The lowest BCUT2D eigenvalue weighted by Crippen LogP contribution is -2.28. The third-order valence-electron chi connectivity index (χ3n) is 5.85. The van der Waals surface area contributed by atoms with Crippen LogP contribution in [0.3, 0.4) is 0 Å². The number of pyridine rings is 2. The Bertz CT molecular complexity index is 1700. The smallest absolute Gasteiger partial charge is 0.282 e. The molecule has 1 atom stereocenters. The monoisotopic (exact) mass is 529 g/mol. The Hall–Kier alpha value is -4.97. The first-order chi connectivity index (χ1) is 18.8. The summed E-state index contributed by atoms with van der Waals surface area (Å²) in [6, 6.07) is 11.5. The molecule has 3 N–H and O–H groups in total. The van der Waals surface area contributed by atoms with Crippen LogP contribution in [-0.2, 0) is 6.42 Å². The molecule has 0 amide bonds. The Morgan fingerprint density at radius 1 is 1.18 bits per heavy atom. The molecule has 39 heavy (non-hydrogen) atoms. The van der Waals surface area contributed by atoms with Crippen molar-refractivity contribution in [3.05, 3.63) is 94.0 Å². The van der Waals surface area contributed by atoms with Crippen molar-refractivity contribution in [2.75, 3.05) is 11.9 Å². The van der Waals surface area contributed by atoms with E-state index in [2.05, 4.69) is 30.6 Å². The number of halogens is 1. The minimum Gasteiger partial charge on any atom is -0.455 e. The SMILES string of the molecule is Cc1cc(C(=O)Cc2ccc(Oc3ccnc4[nH]nc(N[C@H](C)CO)c34)cn2)c(=O)n(-c2ccc(F)cc2)n1. The number of rotatable bonds is 9. The van der Waals surface area contributed by atoms with Crippen LogP contribution in [0.5, 0.6) is 11.5 Å². The quantitative estimate of drug-likeness (QED) is 0.244. The first-order valence-corrected chi connectivity index (χ1v) is 12.1. The molecular formula is C27H24FN7O4. The first-order valence-electron chi connectivity index (χ1n) is 12.1. The number of ketones is 1. The van der Waals surface area contributed by atoms with Gasteiger partial charge >= 0.3 is 0 Å². The molecule has 0 aliphatic rings. The maximum atomic E-state index is 13.3. The van der Waals surface area contributed by atoms with Crippen LogP contribution in [0.15, 0.2) is 65.7 Å². The van der Waals surface area contributed by atoms with Crippen LogP contribution in [-0.4, -0.2) is 53.5 Å². The lowest BCUT2D eigenvalue weighted by atomic mass is 10.1. The number of Topliss-reactive ketones (excluding diaryl/α,β-unsaturated/α-hetero) is 1. The number of aryl methyl sites for hydroxylation is 1. The van der Waals surface area contributed by atoms with E-state index in [1.54, 1.807) is 31.3 Å². The number of carbonyl (C=O) groups is 1. The van der Waals surface area contributed by atoms with Crippen molar-refractivity contribution in [1.82, 2.24) is 29.9 Å². The molecule has 0 saturated heterocycles. The van der Waals surface area contributed by atoms with Crippen molar-refractivity contribution < 1.29 is 19.0 Å². The van der Waals surface area contributed by atoms with Gasteiger partial charge in [-0.3, -0.25) is 19.7 Å². The number of aliphatic hydroxyl groups excluding tert-OH is 1. The molecule has 5 aromatic rings. The van der Waals surface area contributed by atoms with Gasteiger partial charge < -0.3 is 15.2 Å². The van der Waals surface area contributed by atoms with Crippen molar-refractivity contribution in [3.8, 4) is 17.2 Å². The maximum Gasteiger partial charge on any atom is 0.282 e. The maximum absolute atomic E-state index is 13.3. The molecule has 1 aromatic carbocycles. The Labute approximate surface area is 221 Å². The number of nitrogens with one attached hydrogen (secondary N) is 2. The zero-order chi connectivity index (χ0) is 27.5. The zero-order valence-corrected chi connectivity index (χ0v) is 21.1. The van der Waals surface area contributed by atoms with E-state index in [1.807, 2.05) is 6.92 Å². The molecule has 4 aromatic heterocycles. The van der Waals surface area contributed by atoms with Gasteiger partial charge in [-0.25, -0.2) is 9.37 Å². The van der Waals surface area contributed by atoms with Crippen LogP contribution in [0.25, 0.3) is 16.7 Å². The summed E-state index contributed by atoms with van der Waals surface area (Å²) in [5.74, 6) is 0.509. The van der Waals surface area contributed by atoms with Crippen LogP contribution in [0, 0.1) is 12.7 Å². The van der Waals surface area contributed by atoms with Gasteiger partial charge in [0.25, 0.3) is 5.56 Å². The van der Waals surface area contributed by atoms with Crippen LogP contribution in [0.1, 0.15) is 28.7 Å². The number of aromatic amines is 1. The van der Waals surface area contributed by atoms with E-state index >= 15 is 0 Å². The molecule has 0 radical (unpaired) electrons. The molecule has 0 bridgehead atoms. The number of nitrogens with zero attached hydrogens (tertiary/aromatic N) is 5. The Kier molecular flexibility index (Phi) is 7.10.